The van der Waals surface area contributed by atoms with E-state index in [1.807, 2.05) is 18.2 Å². The van der Waals surface area contributed by atoms with Crippen molar-refractivity contribution in [1.29, 1.82) is 0 Å². The van der Waals surface area contributed by atoms with Crippen LogP contribution in [0.25, 0.3) is 0 Å². The van der Waals surface area contributed by atoms with Crippen LogP contribution in [0.1, 0.15) is 22.5 Å². The molecule has 0 saturated heterocycles. The second kappa shape index (κ2) is 6.77. The second-order valence-electron chi connectivity index (χ2n) is 4.14. The van der Waals surface area contributed by atoms with Crippen molar-refractivity contribution in [3.63, 3.8) is 0 Å². The van der Waals surface area contributed by atoms with Crippen molar-refractivity contribution < 1.29 is 9.21 Å². The van der Waals surface area contributed by atoms with Gasteiger partial charge < -0.3 is 9.73 Å². The first-order valence-electron chi connectivity index (χ1n) is 6.17. The molecule has 1 N–H and O–H groups in total. The van der Waals surface area contributed by atoms with E-state index in [4.69, 9.17) is 4.42 Å². The molecule has 0 unspecified atom stereocenters. The third-order valence-corrected chi connectivity index (χ3v) is 2.76. The molecule has 1 heterocycles. The number of carbonyl (C=O) groups excluding carboxylic acids is 1. The minimum absolute atomic E-state index is 0.0483. The molecule has 3 nitrogen and oxygen atoms in total. The van der Waals surface area contributed by atoms with E-state index in [2.05, 4.69) is 17.4 Å². The van der Waals surface area contributed by atoms with Gasteiger partial charge in [0.1, 0.15) is 0 Å². The van der Waals surface area contributed by atoms with Crippen LogP contribution in [-0.4, -0.2) is 18.9 Å². The first-order chi connectivity index (χ1) is 8.86. The third kappa shape index (κ3) is 3.86. The maximum atomic E-state index is 11.6. The van der Waals surface area contributed by atoms with Gasteiger partial charge in [0, 0.05) is 13.0 Å². The smallest absolute Gasteiger partial charge is 0.199 e. The SMILES string of the molecule is O=C(CCNCCc1ccccc1)c1ccco1. The fraction of sp³-hybridized carbons (Fsp3) is 0.267. The molecule has 0 aliphatic rings. The summed E-state index contributed by atoms with van der Waals surface area (Å²) in [6.45, 7) is 1.57. The average molecular weight is 243 g/mol. The first kappa shape index (κ1) is 12.6. The molecule has 0 radical (unpaired) electrons. The molecule has 0 bridgehead atoms. The minimum Gasteiger partial charge on any atom is -0.461 e. The number of rotatable bonds is 7. The molecule has 0 saturated carbocycles. The number of nitrogens with one attached hydrogen (secondary N) is 1. The lowest BCUT2D eigenvalue weighted by atomic mass is 10.1. The molecule has 3 heteroatoms. The monoisotopic (exact) mass is 243 g/mol. The topological polar surface area (TPSA) is 42.2 Å². The van der Waals surface area contributed by atoms with E-state index in [1.54, 1.807) is 12.1 Å². The fourth-order valence-electron chi connectivity index (χ4n) is 1.76. The van der Waals surface area contributed by atoms with Crippen LogP contribution in [0.3, 0.4) is 0 Å². The molecule has 0 aliphatic heterocycles. The number of carbonyl (C=O) groups is 1. The van der Waals surface area contributed by atoms with Crippen molar-refractivity contribution in [3.8, 4) is 0 Å². The minimum atomic E-state index is 0.0483. The molecule has 1 aromatic heterocycles. The summed E-state index contributed by atoms with van der Waals surface area (Å²) in [4.78, 5) is 11.6. The van der Waals surface area contributed by atoms with Gasteiger partial charge in [-0.2, -0.15) is 0 Å². The van der Waals surface area contributed by atoms with Crippen LogP contribution in [-0.2, 0) is 6.42 Å². The normalized spacial score (nSPS) is 10.4. The standard InChI is InChI=1S/C15H17NO2/c17-14(15-7-4-12-18-15)9-11-16-10-8-13-5-2-1-3-6-13/h1-7,12,16H,8-11H2. The van der Waals surface area contributed by atoms with Gasteiger partial charge in [0.2, 0.25) is 0 Å². The Kier molecular flexibility index (Phi) is 4.73. The van der Waals surface area contributed by atoms with E-state index in [-0.39, 0.29) is 5.78 Å². The van der Waals surface area contributed by atoms with Crippen LogP contribution >= 0.6 is 0 Å². The summed E-state index contributed by atoms with van der Waals surface area (Å²) < 4.78 is 5.04. The maximum Gasteiger partial charge on any atom is 0.199 e. The molecule has 0 atom stereocenters. The van der Waals surface area contributed by atoms with E-state index >= 15 is 0 Å². The predicted molar refractivity (Wildman–Crippen MR) is 70.7 cm³/mol. The summed E-state index contributed by atoms with van der Waals surface area (Å²) in [5.74, 6) is 0.493. The Bertz CT molecular complexity index is 463. The van der Waals surface area contributed by atoms with Gasteiger partial charge in [0.25, 0.3) is 0 Å². The van der Waals surface area contributed by atoms with Crippen molar-refractivity contribution in [2.45, 2.75) is 12.8 Å². The van der Waals surface area contributed by atoms with Crippen LogP contribution < -0.4 is 5.32 Å². The Morgan fingerprint density at radius 3 is 2.61 bits per heavy atom. The van der Waals surface area contributed by atoms with Gasteiger partial charge in [-0.25, -0.2) is 0 Å². The molecular formula is C15H17NO2. The van der Waals surface area contributed by atoms with Gasteiger partial charge in [-0.3, -0.25) is 4.79 Å². The van der Waals surface area contributed by atoms with Crippen molar-refractivity contribution in [2.75, 3.05) is 13.1 Å². The zero-order chi connectivity index (χ0) is 12.6. The molecule has 2 rings (SSSR count). The predicted octanol–water partition coefficient (Wildman–Crippen LogP) is 2.68. The lowest BCUT2D eigenvalue weighted by molar-refractivity contribution is 0.0956. The highest BCUT2D eigenvalue weighted by molar-refractivity contribution is 5.93. The van der Waals surface area contributed by atoms with Gasteiger partial charge in [-0.15, -0.1) is 0 Å². The number of hydrogen-bond donors (Lipinski definition) is 1. The van der Waals surface area contributed by atoms with Gasteiger partial charge in [-0.05, 0) is 30.7 Å². The summed E-state index contributed by atoms with van der Waals surface area (Å²) >= 11 is 0. The Labute approximate surface area is 107 Å². The number of furan rings is 1. The Morgan fingerprint density at radius 2 is 1.89 bits per heavy atom. The van der Waals surface area contributed by atoms with Gasteiger partial charge in [-0.1, -0.05) is 30.3 Å². The molecule has 1 aromatic carbocycles. The molecular weight excluding hydrogens is 226 g/mol. The van der Waals surface area contributed by atoms with Crippen LogP contribution in [0.5, 0.6) is 0 Å². The molecule has 2 aromatic rings. The third-order valence-electron chi connectivity index (χ3n) is 2.76. The summed E-state index contributed by atoms with van der Waals surface area (Å²) in [5, 5.41) is 3.26. The maximum absolute atomic E-state index is 11.6. The molecule has 0 spiro atoms. The average Bonchev–Trinajstić information content (AvgIpc) is 2.93. The lowest BCUT2D eigenvalue weighted by Gasteiger charge is -2.03. The second-order valence-corrected chi connectivity index (χ2v) is 4.14. The summed E-state index contributed by atoms with van der Waals surface area (Å²) in [6.07, 6.45) is 2.98. The number of benzene rings is 1. The quantitative estimate of drug-likeness (QED) is 0.600. The van der Waals surface area contributed by atoms with Crippen LogP contribution in [0.15, 0.2) is 53.1 Å². The zero-order valence-corrected chi connectivity index (χ0v) is 10.3. The number of hydrogen-bond acceptors (Lipinski definition) is 3. The van der Waals surface area contributed by atoms with Gasteiger partial charge in [0.15, 0.2) is 11.5 Å². The Balaban J connectivity index is 1.61. The van der Waals surface area contributed by atoms with E-state index in [0.717, 1.165) is 13.0 Å². The molecule has 0 aliphatic carbocycles. The number of Topliss-reactive ketones (excluding diaryl/α,β-unsaturated/α-hetero) is 1. The van der Waals surface area contributed by atoms with Crippen molar-refractivity contribution in [2.24, 2.45) is 0 Å². The van der Waals surface area contributed by atoms with Crippen molar-refractivity contribution >= 4 is 5.78 Å². The lowest BCUT2D eigenvalue weighted by Crippen LogP contribution is -2.20. The van der Waals surface area contributed by atoms with Crippen LogP contribution in [0, 0.1) is 0 Å². The summed E-state index contributed by atoms with van der Waals surface area (Å²) in [5.41, 5.74) is 1.31. The van der Waals surface area contributed by atoms with Gasteiger partial charge in [0.05, 0.1) is 6.26 Å². The summed E-state index contributed by atoms with van der Waals surface area (Å²) in [7, 11) is 0. The van der Waals surface area contributed by atoms with Crippen LogP contribution in [0.2, 0.25) is 0 Å². The highest BCUT2D eigenvalue weighted by atomic mass is 16.3. The molecule has 94 valence electrons. The molecule has 0 fully saturated rings. The first-order valence-corrected chi connectivity index (χ1v) is 6.17. The highest BCUT2D eigenvalue weighted by Gasteiger charge is 2.07. The zero-order valence-electron chi connectivity index (χ0n) is 10.3. The Morgan fingerprint density at radius 1 is 1.06 bits per heavy atom. The fourth-order valence-corrected chi connectivity index (χ4v) is 1.76. The summed E-state index contributed by atoms with van der Waals surface area (Å²) in [6, 6.07) is 13.7. The van der Waals surface area contributed by atoms with Crippen LogP contribution in [0.4, 0.5) is 0 Å². The van der Waals surface area contributed by atoms with E-state index in [9.17, 15) is 4.79 Å². The van der Waals surface area contributed by atoms with Crippen molar-refractivity contribution in [1.82, 2.24) is 5.32 Å². The van der Waals surface area contributed by atoms with E-state index in [1.165, 1.54) is 11.8 Å². The Hall–Kier alpha value is -1.87. The van der Waals surface area contributed by atoms with E-state index < -0.39 is 0 Å². The number of ketones is 1. The van der Waals surface area contributed by atoms with Gasteiger partial charge >= 0.3 is 0 Å². The molecule has 18 heavy (non-hydrogen) atoms. The van der Waals surface area contributed by atoms with E-state index in [0.29, 0.717) is 18.7 Å². The largest absolute Gasteiger partial charge is 0.461 e. The van der Waals surface area contributed by atoms with Crippen molar-refractivity contribution in [3.05, 3.63) is 60.1 Å². The molecule has 0 amide bonds. The highest BCUT2D eigenvalue weighted by Crippen LogP contribution is 2.03.